The van der Waals surface area contributed by atoms with Gasteiger partial charge in [-0.15, -0.1) is 5.10 Å². The molecule has 1 aromatic heterocycles. The third-order valence-corrected chi connectivity index (χ3v) is 2.71. The molecule has 0 saturated carbocycles. The first-order valence-corrected chi connectivity index (χ1v) is 5.98. The minimum atomic E-state index is -0.765. The van der Waals surface area contributed by atoms with Crippen LogP contribution in [0.25, 0.3) is 11.4 Å². The molecule has 0 aliphatic carbocycles. The lowest BCUT2D eigenvalue weighted by molar-refractivity contribution is 0.0512. The predicted octanol–water partition coefficient (Wildman–Crippen LogP) is 2.25. The smallest absolute Gasteiger partial charge is 0.378 e. The van der Waals surface area contributed by atoms with E-state index in [-0.39, 0.29) is 29.4 Å². The lowest BCUT2D eigenvalue weighted by atomic mass is 10.1. The van der Waals surface area contributed by atoms with Crippen molar-refractivity contribution in [2.45, 2.75) is 13.8 Å². The first-order chi connectivity index (χ1) is 9.43. The van der Waals surface area contributed by atoms with Gasteiger partial charge in [-0.05, 0) is 25.5 Å². The highest BCUT2D eigenvalue weighted by molar-refractivity contribution is 5.85. The zero-order chi connectivity index (χ0) is 14.9. The second-order valence-corrected chi connectivity index (χ2v) is 4.18. The number of esters is 1. The SMILES string of the molecule is CCOC(=O)c1nc(-c2cc(C)c(F)cc2F)n(C)n1. The molecule has 106 valence electrons. The maximum atomic E-state index is 13.8. The maximum Gasteiger partial charge on any atom is 0.378 e. The van der Waals surface area contributed by atoms with E-state index in [9.17, 15) is 13.6 Å². The predicted molar refractivity (Wildman–Crippen MR) is 67.0 cm³/mol. The van der Waals surface area contributed by atoms with Crippen LogP contribution in [-0.4, -0.2) is 27.3 Å². The molecule has 5 nitrogen and oxygen atoms in total. The average molecular weight is 281 g/mol. The van der Waals surface area contributed by atoms with Crippen molar-refractivity contribution in [3.63, 3.8) is 0 Å². The van der Waals surface area contributed by atoms with Crippen molar-refractivity contribution in [1.29, 1.82) is 0 Å². The van der Waals surface area contributed by atoms with Gasteiger partial charge >= 0.3 is 5.97 Å². The van der Waals surface area contributed by atoms with Crippen molar-refractivity contribution in [1.82, 2.24) is 14.8 Å². The van der Waals surface area contributed by atoms with Crippen LogP contribution in [0.15, 0.2) is 12.1 Å². The molecule has 7 heteroatoms. The molecular weight excluding hydrogens is 268 g/mol. The Balaban J connectivity index is 2.49. The van der Waals surface area contributed by atoms with Crippen molar-refractivity contribution in [3.05, 3.63) is 35.2 Å². The van der Waals surface area contributed by atoms with Gasteiger partial charge in [0, 0.05) is 13.1 Å². The Hall–Kier alpha value is -2.31. The van der Waals surface area contributed by atoms with Crippen molar-refractivity contribution in [2.75, 3.05) is 6.61 Å². The summed E-state index contributed by atoms with van der Waals surface area (Å²) in [5.41, 5.74) is 0.358. The number of hydrogen-bond donors (Lipinski definition) is 0. The van der Waals surface area contributed by atoms with Gasteiger partial charge in [0.2, 0.25) is 0 Å². The molecule has 0 aliphatic rings. The van der Waals surface area contributed by atoms with Crippen molar-refractivity contribution in [3.8, 4) is 11.4 Å². The lowest BCUT2D eigenvalue weighted by Crippen LogP contribution is -2.07. The number of aryl methyl sites for hydroxylation is 2. The Kier molecular flexibility index (Phi) is 3.78. The standard InChI is InChI=1S/C13H13F2N3O2/c1-4-20-13(19)11-16-12(18(3)17-11)8-5-7(2)9(14)6-10(8)15/h5-6H,4H2,1-3H3. The molecule has 0 fully saturated rings. The van der Waals surface area contributed by atoms with Gasteiger partial charge in [0.15, 0.2) is 5.82 Å². The van der Waals surface area contributed by atoms with Crippen LogP contribution in [0.2, 0.25) is 0 Å². The zero-order valence-corrected chi connectivity index (χ0v) is 11.3. The summed E-state index contributed by atoms with van der Waals surface area (Å²) in [6, 6.07) is 2.10. The molecule has 0 radical (unpaired) electrons. The molecule has 2 rings (SSSR count). The summed E-state index contributed by atoms with van der Waals surface area (Å²) in [5, 5.41) is 3.87. The van der Waals surface area contributed by atoms with Crippen LogP contribution < -0.4 is 0 Å². The Morgan fingerprint density at radius 3 is 2.70 bits per heavy atom. The third-order valence-electron chi connectivity index (χ3n) is 2.71. The fourth-order valence-corrected chi connectivity index (χ4v) is 1.73. The van der Waals surface area contributed by atoms with E-state index in [1.807, 2.05) is 0 Å². The fraction of sp³-hybridized carbons (Fsp3) is 0.308. The van der Waals surface area contributed by atoms with Crippen molar-refractivity contribution >= 4 is 5.97 Å². The second kappa shape index (κ2) is 5.36. The largest absolute Gasteiger partial charge is 0.460 e. The summed E-state index contributed by atoms with van der Waals surface area (Å²) in [6.45, 7) is 3.36. The van der Waals surface area contributed by atoms with Crippen LogP contribution in [0, 0.1) is 18.6 Å². The molecule has 0 bridgehead atoms. The van der Waals surface area contributed by atoms with Crippen molar-refractivity contribution in [2.24, 2.45) is 7.05 Å². The van der Waals surface area contributed by atoms with E-state index in [0.717, 1.165) is 6.07 Å². The van der Waals surface area contributed by atoms with Crippen LogP contribution >= 0.6 is 0 Å². The highest BCUT2D eigenvalue weighted by atomic mass is 19.1. The Morgan fingerprint density at radius 2 is 2.05 bits per heavy atom. The van der Waals surface area contributed by atoms with Gasteiger partial charge in [-0.1, -0.05) is 0 Å². The van der Waals surface area contributed by atoms with E-state index < -0.39 is 17.6 Å². The second-order valence-electron chi connectivity index (χ2n) is 4.18. The molecule has 0 amide bonds. The van der Waals surface area contributed by atoms with Crippen LogP contribution in [0.3, 0.4) is 0 Å². The number of rotatable bonds is 3. The Morgan fingerprint density at radius 1 is 1.35 bits per heavy atom. The van der Waals surface area contributed by atoms with Gasteiger partial charge in [0.25, 0.3) is 5.82 Å². The van der Waals surface area contributed by atoms with Crippen LogP contribution in [0.4, 0.5) is 8.78 Å². The molecule has 20 heavy (non-hydrogen) atoms. The summed E-state index contributed by atoms with van der Waals surface area (Å²) in [4.78, 5) is 15.5. The number of hydrogen-bond acceptors (Lipinski definition) is 4. The fourth-order valence-electron chi connectivity index (χ4n) is 1.73. The molecule has 1 aromatic carbocycles. The Bertz CT molecular complexity index is 668. The quantitative estimate of drug-likeness (QED) is 0.810. The van der Waals surface area contributed by atoms with E-state index >= 15 is 0 Å². The highest BCUT2D eigenvalue weighted by Gasteiger charge is 2.19. The van der Waals surface area contributed by atoms with Crippen LogP contribution in [0.5, 0.6) is 0 Å². The summed E-state index contributed by atoms with van der Waals surface area (Å²) < 4.78 is 33.1. The number of aromatic nitrogens is 3. The molecule has 0 atom stereocenters. The molecule has 0 saturated heterocycles. The normalized spacial score (nSPS) is 10.7. The van der Waals surface area contributed by atoms with Gasteiger partial charge in [-0.3, -0.25) is 0 Å². The molecule has 0 N–H and O–H groups in total. The molecular formula is C13H13F2N3O2. The van der Waals surface area contributed by atoms with Gasteiger partial charge in [-0.25, -0.2) is 23.2 Å². The Labute approximate surface area is 114 Å². The summed E-state index contributed by atoms with van der Waals surface area (Å²) >= 11 is 0. The number of nitrogens with zero attached hydrogens (tertiary/aromatic N) is 3. The van der Waals surface area contributed by atoms with E-state index in [1.165, 1.54) is 24.7 Å². The minimum absolute atomic E-state index is 0.0782. The maximum absolute atomic E-state index is 13.8. The first-order valence-electron chi connectivity index (χ1n) is 5.98. The van der Waals surface area contributed by atoms with Gasteiger partial charge < -0.3 is 4.74 Å². The molecule has 0 aliphatic heterocycles. The zero-order valence-electron chi connectivity index (χ0n) is 11.3. The summed E-state index contributed by atoms with van der Waals surface area (Å²) in [6.07, 6.45) is 0. The monoisotopic (exact) mass is 281 g/mol. The van der Waals surface area contributed by atoms with E-state index in [2.05, 4.69) is 10.1 Å². The van der Waals surface area contributed by atoms with Crippen molar-refractivity contribution < 1.29 is 18.3 Å². The first kappa shape index (κ1) is 14.1. The summed E-state index contributed by atoms with van der Waals surface area (Å²) in [7, 11) is 1.52. The van der Waals surface area contributed by atoms with Gasteiger partial charge in [-0.2, -0.15) is 0 Å². The molecule has 0 spiro atoms. The van der Waals surface area contributed by atoms with E-state index in [1.54, 1.807) is 6.92 Å². The summed E-state index contributed by atoms with van der Waals surface area (Å²) in [5.74, 6) is -2.12. The number of carbonyl (C=O) groups excluding carboxylic acids is 1. The third kappa shape index (κ3) is 2.52. The van der Waals surface area contributed by atoms with Crippen LogP contribution in [0.1, 0.15) is 23.1 Å². The average Bonchev–Trinajstić information content (AvgIpc) is 2.76. The minimum Gasteiger partial charge on any atom is -0.460 e. The molecule has 0 unspecified atom stereocenters. The lowest BCUT2D eigenvalue weighted by Gasteiger charge is -2.04. The topological polar surface area (TPSA) is 57.0 Å². The molecule has 1 heterocycles. The van der Waals surface area contributed by atoms with E-state index in [0.29, 0.717) is 0 Å². The number of benzene rings is 1. The van der Waals surface area contributed by atoms with Crippen LogP contribution in [-0.2, 0) is 11.8 Å². The van der Waals surface area contributed by atoms with E-state index in [4.69, 9.17) is 4.74 Å². The van der Waals surface area contributed by atoms with Gasteiger partial charge in [0.1, 0.15) is 11.6 Å². The highest BCUT2D eigenvalue weighted by Crippen LogP contribution is 2.23. The number of halogens is 2. The molecule has 2 aromatic rings. The number of carbonyl (C=O) groups is 1. The number of ether oxygens (including phenoxy) is 1. The van der Waals surface area contributed by atoms with Gasteiger partial charge in [0.05, 0.1) is 12.2 Å².